The molecule has 0 atom stereocenters. The summed E-state index contributed by atoms with van der Waals surface area (Å²) in [4.78, 5) is 22.0. The van der Waals surface area contributed by atoms with E-state index in [2.05, 4.69) is 9.97 Å². The average molecular weight is 304 g/mol. The van der Waals surface area contributed by atoms with Gasteiger partial charge in [0.15, 0.2) is 5.82 Å². The van der Waals surface area contributed by atoms with Gasteiger partial charge >= 0.3 is 5.97 Å². The molecule has 3 rings (SSSR count). The molecular weight excluding hydrogens is 290 g/mol. The highest BCUT2D eigenvalue weighted by atomic mass is 35.5. The zero-order valence-electron chi connectivity index (χ0n) is 11.3. The summed E-state index contributed by atoms with van der Waals surface area (Å²) in [5, 5.41) is 9.94. The molecule has 1 saturated heterocycles. The van der Waals surface area contributed by atoms with Crippen molar-refractivity contribution in [3.05, 3.63) is 41.0 Å². The summed E-state index contributed by atoms with van der Waals surface area (Å²) in [6, 6.07) is 7.18. The van der Waals surface area contributed by atoms with E-state index in [1.807, 2.05) is 17.0 Å². The fraction of sp³-hybridized carbons (Fsp3) is 0.267. The van der Waals surface area contributed by atoms with Gasteiger partial charge in [0.25, 0.3) is 0 Å². The Morgan fingerprint density at radius 2 is 1.86 bits per heavy atom. The lowest BCUT2D eigenvalue weighted by Crippen LogP contribution is -2.22. The summed E-state index contributed by atoms with van der Waals surface area (Å²) >= 11 is 5.87. The summed E-state index contributed by atoms with van der Waals surface area (Å²) in [5.74, 6) is 0.0121. The molecule has 1 fully saturated rings. The highest BCUT2D eigenvalue weighted by molar-refractivity contribution is 6.30. The van der Waals surface area contributed by atoms with E-state index in [-0.39, 0.29) is 5.56 Å². The Morgan fingerprint density at radius 1 is 1.19 bits per heavy atom. The first-order valence-electron chi connectivity index (χ1n) is 6.76. The van der Waals surface area contributed by atoms with Gasteiger partial charge in [0.1, 0.15) is 11.4 Å². The Hall–Kier alpha value is -2.14. The lowest BCUT2D eigenvalue weighted by Gasteiger charge is -2.18. The number of hydrogen-bond acceptors (Lipinski definition) is 4. The van der Waals surface area contributed by atoms with Gasteiger partial charge in [0.05, 0.1) is 0 Å². The third-order valence-electron chi connectivity index (χ3n) is 3.51. The Morgan fingerprint density at radius 3 is 2.48 bits per heavy atom. The lowest BCUT2D eigenvalue weighted by molar-refractivity contribution is 0.0696. The standard InChI is InChI=1S/C15H14ClN3O2/c16-11-5-3-10(4-6-11)13-17-9-12(15(20)21)14(18-13)19-7-1-2-8-19/h3-6,9H,1-2,7-8H2,(H,20,21). The maximum Gasteiger partial charge on any atom is 0.341 e. The van der Waals surface area contributed by atoms with Crippen molar-refractivity contribution in [1.82, 2.24) is 9.97 Å². The molecule has 0 unspecified atom stereocenters. The van der Waals surface area contributed by atoms with Gasteiger partial charge in [-0.2, -0.15) is 0 Å². The molecule has 0 bridgehead atoms. The van der Waals surface area contributed by atoms with Gasteiger partial charge in [-0.25, -0.2) is 14.8 Å². The van der Waals surface area contributed by atoms with Crippen molar-refractivity contribution in [1.29, 1.82) is 0 Å². The number of aromatic nitrogens is 2. The zero-order chi connectivity index (χ0) is 14.8. The normalized spacial score (nSPS) is 14.4. The summed E-state index contributed by atoms with van der Waals surface area (Å²) < 4.78 is 0. The minimum Gasteiger partial charge on any atom is -0.477 e. The number of hydrogen-bond donors (Lipinski definition) is 1. The first-order chi connectivity index (χ1) is 10.1. The molecule has 108 valence electrons. The molecule has 5 nitrogen and oxygen atoms in total. The van der Waals surface area contributed by atoms with Crippen molar-refractivity contribution < 1.29 is 9.90 Å². The largest absolute Gasteiger partial charge is 0.477 e. The second kappa shape index (κ2) is 5.69. The smallest absolute Gasteiger partial charge is 0.341 e. The molecule has 0 amide bonds. The van der Waals surface area contributed by atoms with Gasteiger partial charge in [-0.05, 0) is 37.1 Å². The van der Waals surface area contributed by atoms with E-state index in [9.17, 15) is 9.90 Å². The molecule has 2 aromatic rings. The fourth-order valence-electron chi connectivity index (χ4n) is 2.43. The third kappa shape index (κ3) is 2.83. The summed E-state index contributed by atoms with van der Waals surface area (Å²) in [7, 11) is 0. The van der Waals surface area contributed by atoms with Gasteiger partial charge in [0, 0.05) is 29.9 Å². The fourth-order valence-corrected chi connectivity index (χ4v) is 2.56. The van der Waals surface area contributed by atoms with Crippen LogP contribution in [0.3, 0.4) is 0 Å². The number of halogens is 1. The summed E-state index contributed by atoms with van der Waals surface area (Å²) in [6.07, 6.45) is 3.49. The van der Waals surface area contributed by atoms with E-state index in [0.717, 1.165) is 31.5 Å². The second-order valence-corrected chi connectivity index (χ2v) is 5.37. The number of carbonyl (C=O) groups is 1. The number of benzene rings is 1. The molecule has 1 N–H and O–H groups in total. The number of carboxylic acids is 1. The molecule has 2 heterocycles. The van der Waals surface area contributed by atoms with Gasteiger partial charge < -0.3 is 10.0 Å². The molecule has 0 radical (unpaired) electrons. The van der Waals surface area contributed by atoms with Crippen LogP contribution in [0, 0.1) is 0 Å². The molecule has 0 aliphatic carbocycles. The molecular formula is C15H14ClN3O2. The van der Waals surface area contributed by atoms with E-state index >= 15 is 0 Å². The van der Waals surface area contributed by atoms with Crippen LogP contribution in [0.4, 0.5) is 5.82 Å². The van der Waals surface area contributed by atoms with Gasteiger partial charge in [0.2, 0.25) is 0 Å². The Bertz CT molecular complexity index is 667. The van der Waals surface area contributed by atoms with Crippen LogP contribution in [0.2, 0.25) is 5.02 Å². The average Bonchev–Trinajstić information content (AvgIpc) is 3.01. The van der Waals surface area contributed by atoms with Crippen molar-refractivity contribution in [3.63, 3.8) is 0 Å². The highest BCUT2D eigenvalue weighted by Crippen LogP contribution is 2.26. The van der Waals surface area contributed by atoms with Crippen LogP contribution in [-0.2, 0) is 0 Å². The summed E-state index contributed by atoms with van der Waals surface area (Å²) in [5.41, 5.74) is 0.964. The molecule has 21 heavy (non-hydrogen) atoms. The van der Waals surface area contributed by atoms with Crippen molar-refractivity contribution >= 4 is 23.4 Å². The molecule has 1 aliphatic rings. The Labute approximate surface area is 127 Å². The molecule has 1 aromatic heterocycles. The van der Waals surface area contributed by atoms with Crippen LogP contribution in [-0.4, -0.2) is 34.1 Å². The van der Waals surface area contributed by atoms with Crippen molar-refractivity contribution in [2.45, 2.75) is 12.8 Å². The van der Waals surface area contributed by atoms with E-state index in [0.29, 0.717) is 16.7 Å². The van der Waals surface area contributed by atoms with Crippen molar-refractivity contribution in [2.75, 3.05) is 18.0 Å². The monoisotopic (exact) mass is 303 g/mol. The van der Waals surface area contributed by atoms with Crippen LogP contribution in [0.1, 0.15) is 23.2 Å². The highest BCUT2D eigenvalue weighted by Gasteiger charge is 2.22. The number of aromatic carboxylic acids is 1. The van der Waals surface area contributed by atoms with Crippen LogP contribution >= 0.6 is 11.6 Å². The van der Waals surface area contributed by atoms with Gasteiger partial charge in [-0.3, -0.25) is 0 Å². The predicted molar refractivity (Wildman–Crippen MR) is 80.9 cm³/mol. The second-order valence-electron chi connectivity index (χ2n) is 4.94. The maximum atomic E-state index is 11.3. The Kier molecular flexibility index (Phi) is 3.75. The first kappa shape index (κ1) is 13.8. The molecule has 6 heteroatoms. The van der Waals surface area contributed by atoms with Gasteiger partial charge in [-0.15, -0.1) is 0 Å². The maximum absolute atomic E-state index is 11.3. The van der Waals surface area contributed by atoms with Crippen molar-refractivity contribution in [2.24, 2.45) is 0 Å². The predicted octanol–water partition coefficient (Wildman–Crippen LogP) is 3.10. The van der Waals surface area contributed by atoms with E-state index in [1.165, 1.54) is 6.20 Å². The third-order valence-corrected chi connectivity index (χ3v) is 3.76. The minimum atomic E-state index is -1.00. The van der Waals surface area contributed by atoms with Gasteiger partial charge in [-0.1, -0.05) is 11.6 Å². The van der Waals surface area contributed by atoms with Crippen LogP contribution in [0.15, 0.2) is 30.5 Å². The van der Waals surface area contributed by atoms with Crippen molar-refractivity contribution in [3.8, 4) is 11.4 Å². The Balaban J connectivity index is 2.05. The van der Waals surface area contributed by atoms with E-state index in [1.54, 1.807) is 12.1 Å². The van der Waals surface area contributed by atoms with E-state index < -0.39 is 5.97 Å². The molecule has 0 saturated carbocycles. The number of anilines is 1. The SMILES string of the molecule is O=C(O)c1cnc(-c2ccc(Cl)cc2)nc1N1CCCC1. The van der Waals surface area contributed by atoms with E-state index in [4.69, 9.17) is 11.6 Å². The number of carboxylic acid groups (broad SMARTS) is 1. The molecule has 0 spiro atoms. The van der Waals surface area contributed by atoms with Crippen LogP contribution < -0.4 is 4.90 Å². The molecule has 1 aliphatic heterocycles. The minimum absolute atomic E-state index is 0.148. The van der Waals surface area contributed by atoms with Crippen LogP contribution in [0.25, 0.3) is 11.4 Å². The first-order valence-corrected chi connectivity index (χ1v) is 7.14. The zero-order valence-corrected chi connectivity index (χ0v) is 12.0. The topological polar surface area (TPSA) is 66.3 Å². The summed E-state index contributed by atoms with van der Waals surface area (Å²) in [6.45, 7) is 1.66. The quantitative estimate of drug-likeness (QED) is 0.944. The van der Waals surface area contributed by atoms with Crippen LogP contribution in [0.5, 0.6) is 0 Å². The number of rotatable bonds is 3. The number of nitrogens with zero attached hydrogens (tertiary/aromatic N) is 3. The lowest BCUT2D eigenvalue weighted by atomic mass is 10.2. The molecule has 1 aromatic carbocycles.